The van der Waals surface area contributed by atoms with Crippen LogP contribution in [0.1, 0.15) is 86.5 Å². The van der Waals surface area contributed by atoms with Crippen molar-refractivity contribution in [3.8, 4) is 0 Å². The van der Waals surface area contributed by atoms with Crippen LogP contribution >= 0.6 is 0 Å². The summed E-state index contributed by atoms with van der Waals surface area (Å²) in [6.07, 6.45) is 8.14. The summed E-state index contributed by atoms with van der Waals surface area (Å²) in [6.45, 7) is 13.5. The monoisotopic (exact) mass is 474 g/mol. The average Bonchev–Trinajstić information content (AvgIpc) is 3.50. The SMILES string of the molecule is CC[C@H]1[C@@H](OC(C)=O)C2C3CC[C@H]([C@H](C)CC(=O)OC)[C@@]3(C)[C@@H]3O[C@@H]3C2[C@@]2(C)CC[C@@H](C)C[C@@H]12. The van der Waals surface area contributed by atoms with Crippen molar-refractivity contribution >= 4 is 11.9 Å². The first-order chi connectivity index (χ1) is 16.1. The molecule has 0 aromatic heterocycles. The molecular formula is C29H46O5. The van der Waals surface area contributed by atoms with E-state index in [9.17, 15) is 9.59 Å². The smallest absolute Gasteiger partial charge is 0.305 e. The number of esters is 2. The molecule has 1 heterocycles. The number of carbonyl (C=O) groups is 2. The number of fused-ring (bicyclic) bond motifs is 8. The van der Waals surface area contributed by atoms with Gasteiger partial charge in [0, 0.05) is 24.7 Å². The van der Waals surface area contributed by atoms with Crippen LogP contribution < -0.4 is 0 Å². The molecule has 4 aliphatic carbocycles. The Kier molecular flexibility index (Phi) is 6.14. The van der Waals surface area contributed by atoms with Gasteiger partial charge in [-0.1, -0.05) is 41.0 Å². The van der Waals surface area contributed by atoms with Gasteiger partial charge in [-0.3, -0.25) is 9.59 Å². The number of hydrogen-bond donors (Lipinski definition) is 0. The summed E-state index contributed by atoms with van der Waals surface area (Å²) in [7, 11) is 1.48. The normalized spacial score (nSPS) is 51.9. The topological polar surface area (TPSA) is 65.1 Å². The first-order valence-corrected chi connectivity index (χ1v) is 14.0. The highest BCUT2D eigenvalue weighted by Gasteiger charge is 2.76. The second-order valence-corrected chi connectivity index (χ2v) is 13.2. The lowest BCUT2D eigenvalue weighted by atomic mass is 9.41. The van der Waals surface area contributed by atoms with Gasteiger partial charge >= 0.3 is 11.9 Å². The van der Waals surface area contributed by atoms with Crippen molar-refractivity contribution in [3.63, 3.8) is 0 Å². The lowest BCUT2D eigenvalue weighted by molar-refractivity contribution is -0.207. The highest BCUT2D eigenvalue weighted by Crippen LogP contribution is 2.74. The van der Waals surface area contributed by atoms with Crippen LogP contribution in [0.25, 0.3) is 0 Å². The summed E-state index contributed by atoms with van der Waals surface area (Å²) in [4.78, 5) is 24.6. The lowest BCUT2D eigenvalue weighted by Gasteiger charge is -2.64. The van der Waals surface area contributed by atoms with Gasteiger partial charge < -0.3 is 14.2 Å². The largest absolute Gasteiger partial charge is 0.469 e. The molecule has 5 aliphatic rings. The van der Waals surface area contributed by atoms with E-state index in [1.165, 1.54) is 26.4 Å². The molecule has 0 spiro atoms. The minimum atomic E-state index is -0.135. The first-order valence-electron chi connectivity index (χ1n) is 14.0. The Bertz CT molecular complexity index is 825. The van der Waals surface area contributed by atoms with Gasteiger partial charge in [-0.05, 0) is 78.9 Å². The van der Waals surface area contributed by atoms with Crippen LogP contribution in [0, 0.1) is 58.2 Å². The number of methoxy groups -OCH3 is 1. The Labute approximate surface area is 206 Å². The molecule has 4 saturated carbocycles. The van der Waals surface area contributed by atoms with Crippen molar-refractivity contribution < 1.29 is 23.8 Å². The van der Waals surface area contributed by atoms with Gasteiger partial charge in [0.15, 0.2) is 0 Å². The summed E-state index contributed by atoms with van der Waals surface area (Å²) in [6, 6.07) is 0. The first kappa shape index (κ1) is 24.6. The van der Waals surface area contributed by atoms with Gasteiger partial charge in [-0.2, -0.15) is 0 Å². The van der Waals surface area contributed by atoms with Gasteiger partial charge in [0.1, 0.15) is 6.10 Å². The van der Waals surface area contributed by atoms with Crippen LogP contribution in [0.5, 0.6) is 0 Å². The molecule has 1 aliphatic heterocycles. The molecule has 5 fully saturated rings. The molecule has 34 heavy (non-hydrogen) atoms. The molecule has 5 rings (SSSR count). The van der Waals surface area contributed by atoms with Crippen LogP contribution in [0.15, 0.2) is 0 Å². The third kappa shape index (κ3) is 3.42. The van der Waals surface area contributed by atoms with Crippen molar-refractivity contribution in [2.75, 3.05) is 7.11 Å². The quantitative estimate of drug-likeness (QED) is 0.381. The van der Waals surface area contributed by atoms with E-state index >= 15 is 0 Å². The highest BCUT2D eigenvalue weighted by molar-refractivity contribution is 5.69. The van der Waals surface area contributed by atoms with Crippen molar-refractivity contribution in [3.05, 3.63) is 0 Å². The maximum Gasteiger partial charge on any atom is 0.305 e. The molecule has 5 nitrogen and oxygen atoms in total. The van der Waals surface area contributed by atoms with E-state index in [-0.39, 0.29) is 47.0 Å². The van der Waals surface area contributed by atoms with E-state index in [1.54, 1.807) is 6.92 Å². The lowest BCUT2D eigenvalue weighted by Crippen LogP contribution is -2.65. The summed E-state index contributed by atoms with van der Waals surface area (Å²) in [5.74, 6) is 3.49. The Balaban J connectivity index is 1.55. The number of hydrogen-bond acceptors (Lipinski definition) is 5. The van der Waals surface area contributed by atoms with Gasteiger partial charge in [0.25, 0.3) is 0 Å². The van der Waals surface area contributed by atoms with Crippen molar-refractivity contribution in [2.45, 2.75) is 105 Å². The molecule has 0 aromatic carbocycles. The maximum absolute atomic E-state index is 12.4. The number of ether oxygens (including phenoxy) is 3. The van der Waals surface area contributed by atoms with Crippen LogP contribution in [-0.4, -0.2) is 37.4 Å². The summed E-state index contributed by atoms with van der Waals surface area (Å²) in [5, 5.41) is 0. The fraction of sp³-hybridized carbons (Fsp3) is 0.931. The van der Waals surface area contributed by atoms with Gasteiger partial charge in [0.05, 0.1) is 19.3 Å². The van der Waals surface area contributed by atoms with E-state index in [2.05, 4.69) is 34.6 Å². The molecular weight excluding hydrogens is 428 g/mol. The second kappa shape index (κ2) is 8.49. The zero-order valence-corrected chi connectivity index (χ0v) is 22.3. The molecule has 1 saturated heterocycles. The molecule has 0 radical (unpaired) electrons. The highest BCUT2D eigenvalue weighted by atomic mass is 16.6. The van der Waals surface area contributed by atoms with Crippen LogP contribution in [0.2, 0.25) is 0 Å². The molecule has 13 atom stereocenters. The van der Waals surface area contributed by atoms with E-state index in [0.717, 1.165) is 25.2 Å². The fourth-order valence-electron chi connectivity index (χ4n) is 10.3. The van der Waals surface area contributed by atoms with Crippen molar-refractivity contribution in [1.29, 1.82) is 0 Å². The zero-order chi connectivity index (χ0) is 24.6. The Morgan fingerprint density at radius 1 is 1.15 bits per heavy atom. The number of carbonyl (C=O) groups excluding carboxylic acids is 2. The van der Waals surface area contributed by atoms with Crippen molar-refractivity contribution in [1.82, 2.24) is 0 Å². The fourth-order valence-corrected chi connectivity index (χ4v) is 10.3. The van der Waals surface area contributed by atoms with E-state index in [0.29, 0.717) is 41.9 Å². The molecule has 192 valence electrons. The van der Waals surface area contributed by atoms with Gasteiger partial charge in [-0.25, -0.2) is 0 Å². The summed E-state index contributed by atoms with van der Waals surface area (Å²) >= 11 is 0. The third-order valence-corrected chi connectivity index (χ3v) is 11.7. The third-order valence-electron chi connectivity index (χ3n) is 11.7. The Morgan fingerprint density at radius 3 is 2.53 bits per heavy atom. The predicted octanol–water partition coefficient (Wildman–Crippen LogP) is 5.65. The standard InChI is InChI=1S/C29H46O5/c1-8-18-21-13-15(2)11-12-28(21,5)24-23(25(18)33-17(4)30)20-10-9-19(16(3)14-22(31)32-7)29(20,6)27-26(24)34-27/h15-16,18-21,23-27H,8-14H2,1-7H3/t15-,16-,18-,19-,20?,21+,23?,24?,25-,26-,27-,28+,29-/m1/s1. The average molecular weight is 475 g/mol. The van der Waals surface area contributed by atoms with E-state index < -0.39 is 0 Å². The molecule has 5 heteroatoms. The van der Waals surface area contributed by atoms with Crippen LogP contribution in [-0.2, 0) is 23.8 Å². The summed E-state index contributed by atoms with van der Waals surface area (Å²) in [5.41, 5.74) is 0.284. The minimum Gasteiger partial charge on any atom is -0.469 e. The Morgan fingerprint density at radius 2 is 1.88 bits per heavy atom. The van der Waals surface area contributed by atoms with E-state index in [1.807, 2.05) is 0 Å². The second-order valence-electron chi connectivity index (χ2n) is 13.2. The zero-order valence-electron chi connectivity index (χ0n) is 22.3. The number of rotatable bonds is 5. The molecule has 3 unspecified atom stereocenters. The van der Waals surface area contributed by atoms with Crippen LogP contribution in [0.4, 0.5) is 0 Å². The Hall–Kier alpha value is -1.10. The molecule has 0 amide bonds. The molecule has 0 bridgehead atoms. The predicted molar refractivity (Wildman–Crippen MR) is 130 cm³/mol. The number of epoxide rings is 1. The summed E-state index contributed by atoms with van der Waals surface area (Å²) < 4.78 is 18.0. The van der Waals surface area contributed by atoms with Gasteiger partial charge in [-0.15, -0.1) is 0 Å². The van der Waals surface area contributed by atoms with E-state index in [4.69, 9.17) is 14.2 Å². The maximum atomic E-state index is 12.4. The van der Waals surface area contributed by atoms with Crippen LogP contribution in [0.3, 0.4) is 0 Å². The van der Waals surface area contributed by atoms with Crippen molar-refractivity contribution in [2.24, 2.45) is 58.2 Å². The minimum absolute atomic E-state index is 0.0139. The van der Waals surface area contributed by atoms with Gasteiger partial charge in [0.2, 0.25) is 0 Å². The molecule has 0 N–H and O–H groups in total. The molecule has 0 aromatic rings.